The molecule has 50 heavy (non-hydrogen) atoms. The molecule has 1 aliphatic heterocycles. The summed E-state index contributed by atoms with van der Waals surface area (Å²) in [5.41, 5.74) is 12.2. The highest BCUT2D eigenvalue weighted by Gasteiger charge is 2.18. The Morgan fingerprint density at radius 3 is 1.46 bits per heavy atom. The summed E-state index contributed by atoms with van der Waals surface area (Å²) >= 11 is 0. The molecule has 1 aliphatic rings. The molecule has 0 amide bonds. The summed E-state index contributed by atoms with van der Waals surface area (Å²) in [5.74, 6) is 0.700. The SMILES string of the molecule is C1=CNCC(c2ccc(-c3cc(-c4ccccc4)nc(-c4cccc(-c5c6ccccc6c(-c6ccccc6)c6ccccc56)c4)n3)cc2)=C1. The molecule has 1 aromatic heterocycles. The van der Waals surface area contributed by atoms with Crippen LogP contribution in [0.25, 0.3) is 83.3 Å². The lowest BCUT2D eigenvalue weighted by Crippen LogP contribution is -2.11. The first-order chi connectivity index (χ1) is 24.8. The molecule has 0 bridgehead atoms. The lowest BCUT2D eigenvalue weighted by molar-refractivity contribution is 0.986. The predicted octanol–water partition coefficient (Wildman–Crippen LogP) is 11.6. The third-order valence-corrected chi connectivity index (χ3v) is 9.55. The number of hydrogen-bond acceptors (Lipinski definition) is 3. The third kappa shape index (κ3) is 5.45. The third-order valence-electron chi connectivity index (χ3n) is 9.55. The summed E-state index contributed by atoms with van der Waals surface area (Å²) < 4.78 is 0. The monoisotopic (exact) mass is 639 g/mol. The van der Waals surface area contributed by atoms with Crippen LogP contribution in [0.2, 0.25) is 0 Å². The van der Waals surface area contributed by atoms with Gasteiger partial charge in [0.15, 0.2) is 5.82 Å². The highest BCUT2D eigenvalue weighted by molar-refractivity contribution is 6.21. The van der Waals surface area contributed by atoms with E-state index in [1.54, 1.807) is 0 Å². The van der Waals surface area contributed by atoms with Gasteiger partial charge in [0.2, 0.25) is 0 Å². The molecule has 236 valence electrons. The van der Waals surface area contributed by atoms with Gasteiger partial charge in [-0.2, -0.15) is 0 Å². The van der Waals surface area contributed by atoms with E-state index < -0.39 is 0 Å². The van der Waals surface area contributed by atoms with Gasteiger partial charge in [-0.1, -0.05) is 158 Å². The average molecular weight is 640 g/mol. The normalized spacial score (nSPS) is 12.5. The molecule has 8 aromatic rings. The molecule has 0 unspecified atom stereocenters. The number of dihydropyridines is 1. The first-order valence-electron chi connectivity index (χ1n) is 17.0. The summed E-state index contributed by atoms with van der Waals surface area (Å²) in [6.07, 6.45) is 6.19. The zero-order valence-corrected chi connectivity index (χ0v) is 27.4. The summed E-state index contributed by atoms with van der Waals surface area (Å²) in [4.78, 5) is 10.4. The number of allylic oxidation sites excluding steroid dienone is 2. The second-order valence-corrected chi connectivity index (χ2v) is 12.6. The van der Waals surface area contributed by atoms with E-state index in [2.05, 4.69) is 169 Å². The van der Waals surface area contributed by atoms with E-state index in [0.29, 0.717) is 5.82 Å². The Bertz CT molecular complexity index is 2510. The smallest absolute Gasteiger partial charge is 0.160 e. The molecular formula is C47H33N3. The van der Waals surface area contributed by atoms with Gasteiger partial charge in [0.1, 0.15) is 0 Å². The number of nitrogens with one attached hydrogen (secondary N) is 1. The molecule has 0 aliphatic carbocycles. The number of hydrogen-bond donors (Lipinski definition) is 1. The van der Waals surface area contributed by atoms with Crippen LogP contribution in [-0.4, -0.2) is 16.5 Å². The van der Waals surface area contributed by atoms with Crippen molar-refractivity contribution in [2.45, 2.75) is 0 Å². The van der Waals surface area contributed by atoms with Crippen LogP contribution in [-0.2, 0) is 0 Å². The van der Waals surface area contributed by atoms with Crippen LogP contribution in [0.4, 0.5) is 0 Å². The number of rotatable bonds is 6. The van der Waals surface area contributed by atoms with Gasteiger partial charge in [0.05, 0.1) is 11.4 Å². The summed E-state index contributed by atoms with van der Waals surface area (Å²) in [5, 5.41) is 8.23. The van der Waals surface area contributed by atoms with Crippen molar-refractivity contribution < 1.29 is 0 Å². The second kappa shape index (κ2) is 12.8. The fourth-order valence-corrected chi connectivity index (χ4v) is 7.16. The zero-order valence-electron chi connectivity index (χ0n) is 27.4. The molecule has 0 spiro atoms. The summed E-state index contributed by atoms with van der Waals surface area (Å²) in [6, 6.07) is 58.2. The molecule has 0 atom stereocenters. The van der Waals surface area contributed by atoms with Crippen molar-refractivity contribution in [3.05, 3.63) is 188 Å². The molecule has 0 fully saturated rings. The highest BCUT2D eigenvalue weighted by atomic mass is 14.9. The molecule has 0 saturated carbocycles. The van der Waals surface area contributed by atoms with E-state index in [1.807, 2.05) is 18.3 Å². The van der Waals surface area contributed by atoms with Gasteiger partial charge in [-0.05, 0) is 79.3 Å². The van der Waals surface area contributed by atoms with Crippen LogP contribution in [0, 0.1) is 0 Å². The first kappa shape index (κ1) is 29.6. The van der Waals surface area contributed by atoms with Gasteiger partial charge in [0, 0.05) is 23.2 Å². The van der Waals surface area contributed by atoms with Gasteiger partial charge in [-0.3, -0.25) is 0 Å². The van der Waals surface area contributed by atoms with Gasteiger partial charge >= 0.3 is 0 Å². The molecule has 0 saturated heterocycles. The van der Waals surface area contributed by atoms with Gasteiger partial charge in [0.25, 0.3) is 0 Å². The standard InChI is InChI=1S/C47H33N3/c1-3-13-33(14-4-1)43-30-44(34-26-24-32(25-27-34)38-19-12-28-48-31-38)50-47(49-43)37-18-11-17-36(29-37)46-41-22-9-7-20-39(41)45(35-15-5-2-6-16-35)40-21-8-10-23-42(40)46/h1-30,48H,31H2. The maximum absolute atomic E-state index is 5.21. The van der Waals surface area contributed by atoms with Crippen LogP contribution in [0.15, 0.2) is 182 Å². The van der Waals surface area contributed by atoms with Crippen molar-refractivity contribution in [2.24, 2.45) is 0 Å². The van der Waals surface area contributed by atoms with Crippen LogP contribution >= 0.6 is 0 Å². The number of nitrogens with zero attached hydrogens (tertiary/aromatic N) is 2. The number of aromatic nitrogens is 2. The van der Waals surface area contributed by atoms with Crippen molar-refractivity contribution in [1.82, 2.24) is 15.3 Å². The Morgan fingerprint density at radius 2 is 0.880 bits per heavy atom. The molecule has 0 radical (unpaired) electrons. The minimum Gasteiger partial charge on any atom is -0.387 e. The lowest BCUT2D eigenvalue weighted by atomic mass is 9.85. The number of benzene rings is 7. The molecule has 3 heteroatoms. The Hall–Kier alpha value is -6.58. The van der Waals surface area contributed by atoms with E-state index in [0.717, 1.165) is 40.2 Å². The lowest BCUT2D eigenvalue weighted by Gasteiger charge is -2.18. The van der Waals surface area contributed by atoms with Gasteiger partial charge in [-0.15, -0.1) is 0 Å². The van der Waals surface area contributed by atoms with Crippen LogP contribution in [0.1, 0.15) is 5.56 Å². The minimum atomic E-state index is 0.700. The Labute approximate surface area is 292 Å². The molecule has 7 aromatic carbocycles. The van der Waals surface area contributed by atoms with Gasteiger partial charge in [-0.25, -0.2) is 9.97 Å². The maximum Gasteiger partial charge on any atom is 0.160 e. The average Bonchev–Trinajstić information content (AvgIpc) is 3.21. The number of fused-ring (bicyclic) bond motifs is 2. The Kier molecular flexibility index (Phi) is 7.56. The van der Waals surface area contributed by atoms with Crippen LogP contribution < -0.4 is 5.32 Å². The minimum absolute atomic E-state index is 0.700. The van der Waals surface area contributed by atoms with E-state index in [9.17, 15) is 0 Å². The van der Waals surface area contributed by atoms with Crippen molar-refractivity contribution in [2.75, 3.05) is 6.54 Å². The zero-order chi connectivity index (χ0) is 33.3. The fraction of sp³-hybridized carbons (Fsp3) is 0.0213. The second-order valence-electron chi connectivity index (χ2n) is 12.6. The topological polar surface area (TPSA) is 37.8 Å². The van der Waals surface area contributed by atoms with Crippen molar-refractivity contribution in [3.63, 3.8) is 0 Å². The van der Waals surface area contributed by atoms with Crippen molar-refractivity contribution in [1.29, 1.82) is 0 Å². The highest BCUT2D eigenvalue weighted by Crippen LogP contribution is 2.44. The molecule has 9 rings (SSSR count). The molecule has 3 nitrogen and oxygen atoms in total. The van der Waals surface area contributed by atoms with Crippen LogP contribution in [0.3, 0.4) is 0 Å². The fourth-order valence-electron chi connectivity index (χ4n) is 7.16. The molecule has 2 heterocycles. The Morgan fingerprint density at radius 1 is 0.400 bits per heavy atom. The molecule has 1 N–H and O–H groups in total. The largest absolute Gasteiger partial charge is 0.387 e. The molecular weight excluding hydrogens is 607 g/mol. The van der Waals surface area contributed by atoms with E-state index in [4.69, 9.17) is 9.97 Å². The van der Waals surface area contributed by atoms with E-state index in [-0.39, 0.29) is 0 Å². The summed E-state index contributed by atoms with van der Waals surface area (Å²) in [6.45, 7) is 0.821. The van der Waals surface area contributed by atoms with Crippen LogP contribution in [0.5, 0.6) is 0 Å². The van der Waals surface area contributed by atoms with Gasteiger partial charge < -0.3 is 5.32 Å². The van der Waals surface area contributed by atoms with Crippen molar-refractivity contribution in [3.8, 4) is 56.2 Å². The van der Waals surface area contributed by atoms with E-state index in [1.165, 1.54) is 49.4 Å². The first-order valence-corrected chi connectivity index (χ1v) is 17.0. The summed E-state index contributed by atoms with van der Waals surface area (Å²) in [7, 11) is 0. The maximum atomic E-state index is 5.21. The predicted molar refractivity (Wildman–Crippen MR) is 209 cm³/mol. The quantitative estimate of drug-likeness (QED) is 0.184. The van der Waals surface area contributed by atoms with E-state index >= 15 is 0 Å². The van der Waals surface area contributed by atoms with Crippen molar-refractivity contribution >= 4 is 27.1 Å². The Balaban J connectivity index is 1.21.